The van der Waals surface area contributed by atoms with Gasteiger partial charge in [-0.2, -0.15) is 4.98 Å². The van der Waals surface area contributed by atoms with Crippen LogP contribution in [0.5, 0.6) is 23.1 Å². The van der Waals surface area contributed by atoms with Gasteiger partial charge in [0.1, 0.15) is 0 Å². The van der Waals surface area contributed by atoms with E-state index in [-0.39, 0.29) is 40.9 Å². The first-order chi connectivity index (χ1) is 19.7. The first-order valence-corrected chi connectivity index (χ1v) is 14.0. The molecule has 0 saturated heterocycles. The number of anilines is 1. The van der Waals surface area contributed by atoms with Crippen molar-refractivity contribution in [2.45, 2.75) is 19.9 Å². The highest BCUT2D eigenvalue weighted by Gasteiger charge is 2.25. The van der Waals surface area contributed by atoms with Gasteiger partial charge in [-0.3, -0.25) is 9.52 Å². The first-order valence-electron chi connectivity index (χ1n) is 12.4. The summed E-state index contributed by atoms with van der Waals surface area (Å²) in [5.74, 6) is -0.531. The minimum absolute atomic E-state index is 0.0676. The summed E-state index contributed by atoms with van der Waals surface area (Å²) >= 11 is 0. The van der Waals surface area contributed by atoms with Gasteiger partial charge in [-0.05, 0) is 43.7 Å². The van der Waals surface area contributed by atoms with Crippen LogP contribution in [-0.4, -0.2) is 54.0 Å². The predicted octanol–water partition coefficient (Wildman–Crippen LogP) is 4.05. The number of aromatic nitrogens is 4. The average molecular weight is 577 g/mol. The highest BCUT2D eigenvalue weighted by Crippen LogP contribution is 2.41. The zero-order chi connectivity index (χ0) is 29.2. The van der Waals surface area contributed by atoms with E-state index < -0.39 is 22.5 Å². The highest BCUT2D eigenvalue weighted by molar-refractivity contribution is 7.95. The smallest absolute Gasteiger partial charge is 0.264 e. The Morgan fingerprint density at radius 3 is 2.29 bits per heavy atom. The van der Waals surface area contributed by atoms with Crippen molar-refractivity contribution in [3.05, 3.63) is 84.0 Å². The number of amides is 1. The van der Waals surface area contributed by atoms with E-state index >= 15 is 0 Å². The second-order valence-corrected chi connectivity index (χ2v) is 10.3. The lowest BCUT2D eigenvalue weighted by Crippen LogP contribution is -2.34. The summed E-state index contributed by atoms with van der Waals surface area (Å²) in [7, 11) is -2.68. The zero-order valence-corrected chi connectivity index (χ0v) is 23.3. The van der Waals surface area contributed by atoms with Crippen molar-refractivity contribution < 1.29 is 27.4 Å². The number of nitrogens with one attached hydrogen (secondary N) is 2. The van der Waals surface area contributed by atoms with Crippen LogP contribution >= 0.6 is 0 Å². The molecular formula is C28H28N6O6S. The lowest BCUT2D eigenvalue weighted by Gasteiger charge is -2.17. The number of sulfonamides is 1. The summed E-state index contributed by atoms with van der Waals surface area (Å²) in [6.07, 6.45) is 4.39. The van der Waals surface area contributed by atoms with Crippen LogP contribution < -0.4 is 24.2 Å². The zero-order valence-electron chi connectivity index (χ0n) is 22.5. The molecule has 0 aliphatic carbocycles. The number of nitrogens with zero attached hydrogens (tertiary/aromatic N) is 4. The summed E-state index contributed by atoms with van der Waals surface area (Å²) in [4.78, 5) is 29.4. The topological polar surface area (TPSA) is 155 Å². The summed E-state index contributed by atoms with van der Waals surface area (Å²) < 4.78 is 46.0. The van der Waals surface area contributed by atoms with E-state index in [0.29, 0.717) is 11.3 Å². The molecule has 2 aromatic heterocycles. The van der Waals surface area contributed by atoms with Gasteiger partial charge in [-0.25, -0.2) is 23.4 Å². The minimum atomic E-state index is -4.13. The molecule has 0 aliphatic rings. The second kappa shape index (κ2) is 13.3. The standard InChI is InChI=1S/C28H28N6O6S/c1-19(2)31-23(35)18-39-28-24(40-22-13-8-7-12-21(22)38-3)25(32-27(33-28)26-29-15-9-16-30-26)34-41(36,37)17-14-20-10-5-4-6-11-20/h4-17,19H,18H2,1-3H3,(H,31,35)(H,32,33,34)/b17-14+. The van der Waals surface area contributed by atoms with Gasteiger partial charge in [0, 0.05) is 18.4 Å². The quantitative estimate of drug-likeness (QED) is 0.252. The third kappa shape index (κ3) is 8.22. The molecule has 0 fully saturated rings. The van der Waals surface area contributed by atoms with Gasteiger partial charge in [0.25, 0.3) is 21.8 Å². The maximum atomic E-state index is 13.2. The molecule has 0 atom stereocenters. The molecular weight excluding hydrogens is 548 g/mol. The Morgan fingerprint density at radius 2 is 1.61 bits per heavy atom. The van der Waals surface area contributed by atoms with E-state index in [1.165, 1.54) is 25.6 Å². The molecule has 1 amide bonds. The molecule has 0 bridgehead atoms. The Kier molecular flexibility index (Phi) is 9.43. The number of hydrogen-bond acceptors (Lipinski definition) is 10. The first kappa shape index (κ1) is 29.0. The number of ether oxygens (including phenoxy) is 3. The molecule has 0 saturated carbocycles. The molecule has 13 heteroatoms. The molecule has 0 unspecified atom stereocenters. The Bertz CT molecular complexity index is 1620. The number of hydrogen-bond donors (Lipinski definition) is 2. The SMILES string of the molecule is COc1ccccc1Oc1c(NS(=O)(=O)/C=C/c2ccccc2)nc(-c2ncccn2)nc1OCC(=O)NC(C)C. The van der Waals surface area contributed by atoms with Gasteiger partial charge in [0.05, 0.1) is 12.5 Å². The van der Waals surface area contributed by atoms with Crippen LogP contribution in [-0.2, 0) is 14.8 Å². The van der Waals surface area contributed by atoms with Crippen LogP contribution in [0.2, 0.25) is 0 Å². The fourth-order valence-corrected chi connectivity index (χ4v) is 4.23. The molecule has 41 heavy (non-hydrogen) atoms. The lowest BCUT2D eigenvalue weighted by molar-refractivity contribution is -0.123. The molecule has 4 rings (SSSR count). The number of carbonyl (C=O) groups excluding carboxylic acids is 1. The number of methoxy groups -OCH3 is 1. The van der Waals surface area contributed by atoms with Crippen molar-refractivity contribution in [3.63, 3.8) is 0 Å². The van der Waals surface area contributed by atoms with Crippen molar-refractivity contribution >= 4 is 27.8 Å². The highest BCUT2D eigenvalue weighted by atomic mass is 32.2. The maximum Gasteiger partial charge on any atom is 0.264 e. The van der Waals surface area contributed by atoms with Gasteiger partial charge in [-0.1, -0.05) is 42.5 Å². The van der Waals surface area contributed by atoms with Crippen LogP contribution in [0.25, 0.3) is 17.7 Å². The molecule has 2 N–H and O–H groups in total. The number of benzene rings is 2. The fourth-order valence-electron chi connectivity index (χ4n) is 3.42. The molecule has 2 aromatic carbocycles. The van der Waals surface area contributed by atoms with Crippen molar-refractivity contribution in [2.75, 3.05) is 18.4 Å². The molecule has 0 radical (unpaired) electrons. The molecule has 12 nitrogen and oxygen atoms in total. The van der Waals surface area contributed by atoms with Crippen LogP contribution in [0.1, 0.15) is 19.4 Å². The van der Waals surface area contributed by atoms with Crippen LogP contribution in [0.15, 0.2) is 78.5 Å². The molecule has 2 heterocycles. The monoisotopic (exact) mass is 576 g/mol. The number of carbonyl (C=O) groups is 1. The summed E-state index contributed by atoms with van der Waals surface area (Å²) in [6, 6.07) is 17.1. The van der Waals surface area contributed by atoms with Gasteiger partial charge in [0.15, 0.2) is 29.7 Å². The van der Waals surface area contributed by atoms with Crippen molar-refractivity contribution in [1.82, 2.24) is 25.3 Å². The maximum absolute atomic E-state index is 13.2. The van der Waals surface area contributed by atoms with E-state index in [1.807, 2.05) is 6.07 Å². The van der Waals surface area contributed by atoms with E-state index in [4.69, 9.17) is 14.2 Å². The van der Waals surface area contributed by atoms with E-state index in [1.54, 1.807) is 68.4 Å². The molecule has 0 aliphatic heterocycles. The van der Waals surface area contributed by atoms with Gasteiger partial charge < -0.3 is 19.5 Å². The van der Waals surface area contributed by atoms with Gasteiger partial charge in [-0.15, -0.1) is 0 Å². The van der Waals surface area contributed by atoms with Crippen LogP contribution in [0.4, 0.5) is 5.82 Å². The normalized spacial score (nSPS) is 11.3. The van der Waals surface area contributed by atoms with E-state index in [0.717, 1.165) is 5.41 Å². The van der Waals surface area contributed by atoms with Crippen molar-refractivity contribution in [1.29, 1.82) is 0 Å². The molecule has 212 valence electrons. The fraction of sp³-hybridized carbons (Fsp3) is 0.179. The predicted molar refractivity (Wildman–Crippen MR) is 153 cm³/mol. The Labute approximate surface area is 237 Å². The van der Waals surface area contributed by atoms with Gasteiger partial charge in [0.2, 0.25) is 11.6 Å². The largest absolute Gasteiger partial charge is 0.493 e. The van der Waals surface area contributed by atoms with Crippen molar-refractivity contribution in [3.8, 4) is 34.8 Å². The molecule has 4 aromatic rings. The van der Waals surface area contributed by atoms with E-state index in [2.05, 4.69) is 30.0 Å². The summed E-state index contributed by atoms with van der Waals surface area (Å²) in [5, 5.41) is 3.71. The summed E-state index contributed by atoms with van der Waals surface area (Å²) in [6.45, 7) is 3.17. The van der Waals surface area contributed by atoms with E-state index in [9.17, 15) is 13.2 Å². The Balaban J connectivity index is 1.82. The van der Waals surface area contributed by atoms with Crippen LogP contribution in [0.3, 0.4) is 0 Å². The number of rotatable bonds is 12. The summed E-state index contributed by atoms with van der Waals surface area (Å²) in [5.41, 5.74) is 0.671. The minimum Gasteiger partial charge on any atom is -0.493 e. The Morgan fingerprint density at radius 1 is 0.927 bits per heavy atom. The third-order valence-corrected chi connectivity index (χ3v) is 6.12. The van der Waals surface area contributed by atoms with Crippen molar-refractivity contribution in [2.24, 2.45) is 0 Å². The molecule has 0 spiro atoms. The van der Waals surface area contributed by atoms with Gasteiger partial charge >= 0.3 is 0 Å². The average Bonchev–Trinajstić information content (AvgIpc) is 2.97. The third-order valence-electron chi connectivity index (χ3n) is 5.15. The van der Waals surface area contributed by atoms with Crippen LogP contribution in [0, 0.1) is 0 Å². The Hall–Kier alpha value is -5.04. The second-order valence-electron chi connectivity index (χ2n) is 8.73. The number of para-hydroxylation sites is 2. The lowest BCUT2D eigenvalue weighted by atomic mass is 10.2.